The number of methoxy groups -OCH3 is 1. The molecule has 16 heavy (non-hydrogen) atoms. The molecule has 0 spiro atoms. The molecule has 0 fully saturated rings. The zero-order valence-electron chi connectivity index (χ0n) is 9.58. The van der Waals surface area contributed by atoms with Crippen LogP contribution in [0.3, 0.4) is 0 Å². The molecule has 0 amide bonds. The summed E-state index contributed by atoms with van der Waals surface area (Å²) in [5.41, 5.74) is 2.65. The predicted octanol–water partition coefficient (Wildman–Crippen LogP) is 2.15. The van der Waals surface area contributed by atoms with Crippen molar-refractivity contribution in [3.8, 4) is 5.75 Å². The van der Waals surface area contributed by atoms with Gasteiger partial charge in [0, 0.05) is 0 Å². The van der Waals surface area contributed by atoms with Crippen LogP contribution < -0.4 is 4.74 Å². The van der Waals surface area contributed by atoms with Crippen molar-refractivity contribution in [1.29, 1.82) is 0 Å². The van der Waals surface area contributed by atoms with E-state index in [9.17, 15) is 12.3 Å². The predicted molar refractivity (Wildman–Crippen MR) is 61.1 cm³/mol. The van der Waals surface area contributed by atoms with E-state index in [4.69, 9.17) is 4.74 Å². The molecule has 0 bridgehead atoms. The van der Waals surface area contributed by atoms with Crippen LogP contribution in [0.5, 0.6) is 5.75 Å². The van der Waals surface area contributed by atoms with Gasteiger partial charge in [-0.05, 0) is 37.0 Å². The Morgan fingerprint density at radius 1 is 1.25 bits per heavy atom. The number of rotatable bonds is 4. The Balaban J connectivity index is 2.92. The lowest BCUT2D eigenvalue weighted by Gasteiger charge is -2.10. The summed E-state index contributed by atoms with van der Waals surface area (Å²) in [5.74, 6) is 0.310. The van der Waals surface area contributed by atoms with Crippen molar-refractivity contribution in [2.45, 2.75) is 20.3 Å². The van der Waals surface area contributed by atoms with E-state index in [0.717, 1.165) is 22.4 Å². The van der Waals surface area contributed by atoms with Gasteiger partial charge < -0.3 is 4.74 Å². The highest BCUT2D eigenvalue weighted by molar-refractivity contribution is 7.86. The van der Waals surface area contributed by atoms with Crippen LogP contribution in [0.25, 0.3) is 0 Å². The summed E-state index contributed by atoms with van der Waals surface area (Å²) >= 11 is 0. The molecule has 0 unspecified atom stereocenters. The molecule has 0 radical (unpaired) electrons. The Hall–Kier alpha value is -1.10. The summed E-state index contributed by atoms with van der Waals surface area (Å²) in [5, 5.41) is 0. The fraction of sp³-hybridized carbons (Fsp3) is 0.455. The van der Waals surface area contributed by atoms with Gasteiger partial charge in [-0.2, -0.15) is 8.42 Å². The highest BCUT2D eigenvalue weighted by Gasteiger charge is 2.10. The molecule has 1 aromatic carbocycles. The molecule has 0 aliphatic heterocycles. The maximum absolute atomic E-state index is 12.4. The fourth-order valence-electron chi connectivity index (χ4n) is 1.75. The first-order chi connectivity index (χ1) is 7.33. The van der Waals surface area contributed by atoms with Crippen LogP contribution in [-0.4, -0.2) is 21.3 Å². The summed E-state index contributed by atoms with van der Waals surface area (Å²) in [6.45, 7) is 3.75. The molecular weight excluding hydrogens is 231 g/mol. The lowest BCUT2D eigenvalue weighted by atomic mass is 10.0. The van der Waals surface area contributed by atoms with Crippen molar-refractivity contribution in [1.82, 2.24) is 0 Å². The lowest BCUT2D eigenvalue weighted by Crippen LogP contribution is -2.03. The lowest BCUT2D eigenvalue weighted by molar-refractivity contribution is 0.408. The second-order valence-electron chi connectivity index (χ2n) is 3.76. The van der Waals surface area contributed by atoms with Crippen LogP contribution in [-0.2, 0) is 16.6 Å². The second-order valence-corrected chi connectivity index (χ2v) is 5.24. The van der Waals surface area contributed by atoms with Gasteiger partial charge in [-0.3, -0.25) is 0 Å². The van der Waals surface area contributed by atoms with Crippen LogP contribution in [0.4, 0.5) is 3.89 Å². The van der Waals surface area contributed by atoms with Gasteiger partial charge >= 0.3 is 10.2 Å². The van der Waals surface area contributed by atoms with E-state index in [-0.39, 0.29) is 6.42 Å². The molecule has 0 atom stereocenters. The Morgan fingerprint density at radius 3 is 2.12 bits per heavy atom. The number of benzene rings is 1. The normalized spacial score (nSPS) is 11.5. The van der Waals surface area contributed by atoms with Crippen LogP contribution in [0.2, 0.25) is 0 Å². The molecule has 5 heteroatoms. The zero-order valence-corrected chi connectivity index (χ0v) is 10.4. The Morgan fingerprint density at radius 2 is 1.75 bits per heavy atom. The Kier molecular flexibility index (Phi) is 3.91. The third kappa shape index (κ3) is 3.48. The number of hydrogen-bond acceptors (Lipinski definition) is 3. The van der Waals surface area contributed by atoms with Gasteiger partial charge in [0.1, 0.15) is 5.75 Å². The van der Waals surface area contributed by atoms with Crippen molar-refractivity contribution in [3.05, 3.63) is 28.8 Å². The minimum Gasteiger partial charge on any atom is -0.496 e. The van der Waals surface area contributed by atoms with Crippen molar-refractivity contribution in [2.75, 3.05) is 12.9 Å². The molecule has 0 aromatic heterocycles. The van der Waals surface area contributed by atoms with Crippen molar-refractivity contribution < 1.29 is 17.0 Å². The largest absolute Gasteiger partial charge is 0.496 e. The summed E-state index contributed by atoms with van der Waals surface area (Å²) in [4.78, 5) is 0. The smallest absolute Gasteiger partial charge is 0.302 e. The molecule has 0 aliphatic rings. The standard InChI is InChI=1S/C11H15FO3S/c1-8-6-10(4-5-16(12,13)14)7-9(2)11(8)15-3/h6-7H,4-5H2,1-3H3. The second kappa shape index (κ2) is 4.82. The van der Waals surface area contributed by atoms with Gasteiger partial charge in [0.15, 0.2) is 0 Å². The van der Waals surface area contributed by atoms with Crippen molar-refractivity contribution in [3.63, 3.8) is 0 Å². The Bertz CT molecular complexity index is 457. The third-order valence-corrected chi connectivity index (χ3v) is 3.05. The third-order valence-electron chi connectivity index (χ3n) is 2.36. The number of ether oxygens (including phenoxy) is 1. The molecule has 0 saturated heterocycles. The topological polar surface area (TPSA) is 43.4 Å². The Labute approximate surface area is 95.5 Å². The number of halogens is 1. The maximum Gasteiger partial charge on any atom is 0.302 e. The summed E-state index contributed by atoms with van der Waals surface area (Å²) < 4.78 is 38.4. The van der Waals surface area contributed by atoms with E-state index in [1.165, 1.54) is 0 Å². The van der Waals surface area contributed by atoms with Crippen LogP contribution in [0.1, 0.15) is 16.7 Å². The first-order valence-electron chi connectivity index (χ1n) is 4.90. The highest BCUT2D eigenvalue weighted by Crippen LogP contribution is 2.24. The molecular formula is C11H15FO3S. The quantitative estimate of drug-likeness (QED) is 0.765. The van der Waals surface area contributed by atoms with Crippen LogP contribution in [0.15, 0.2) is 12.1 Å². The first kappa shape index (κ1) is 13.0. The SMILES string of the molecule is COc1c(C)cc(CCS(=O)(=O)F)cc1C. The summed E-state index contributed by atoms with van der Waals surface area (Å²) in [7, 11) is -2.81. The summed E-state index contributed by atoms with van der Waals surface area (Å²) in [6, 6.07) is 3.63. The molecule has 3 nitrogen and oxygen atoms in total. The van der Waals surface area contributed by atoms with Crippen LogP contribution in [0, 0.1) is 13.8 Å². The maximum atomic E-state index is 12.4. The van der Waals surface area contributed by atoms with Crippen molar-refractivity contribution >= 4 is 10.2 Å². The van der Waals surface area contributed by atoms with E-state index in [2.05, 4.69) is 0 Å². The van der Waals surface area contributed by atoms with E-state index in [1.54, 1.807) is 7.11 Å². The minimum atomic E-state index is -4.39. The van der Waals surface area contributed by atoms with Gasteiger partial charge in [-0.15, -0.1) is 3.89 Å². The van der Waals surface area contributed by atoms with Gasteiger partial charge in [0.05, 0.1) is 12.9 Å². The molecule has 1 rings (SSSR count). The fourth-order valence-corrected chi connectivity index (χ4v) is 2.23. The molecule has 0 N–H and O–H groups in total. The van der Waals surface area contributed by atoms with Crippen LogP contribution >= 0.6 is 0 Å². The van der Waals surface area contributed by atoms with E-state index in [1.807, 2.05) is 26.0 Å². The summed E-state index contributed by atoms with van der Waals surface area (Å²) in [6.07, 6.45) is 0.185. The van der Waals surface area contributed by atoms with E-state index >= 15 is 0 Å². The van der Waals surface area contributed by atoms with E-state index < -0.39 is 16.0 Å². The number of aryl methyl sites for hydroxylation is 3. The van der Waals surface area contributed by atoms with Gasteiger partial charge in [-0.25, -0.2) is 0 Å². The minimum absolute atomic E-state index is 0.185. The number of hydrogen-bond donors (Lipinski definition) is 0. The molecule has 1 aromatic rings. The molecule has 90 valence electrons. The molecule has 0 saturated carbocycles. The monoisotopic (exact) mass is 246 g/mol. The van der Waals surface area contributed by atoms with Gasteiger partial charge in [0.25, 0.3) is 0 Å². The average Bonchev–Trinajstić information content (AvgIpc) is 2.13. The first-order valence-corrected chi connectivity index (χ1v) is 6.45. The van der Waals surface area contributed by atoms with Gasteiger partial charge in [-0.1, -0.05) is 12.1 Å². The highest BCUT2D eigenvalue weighted by atomic mass is 32.3. The van der Waals surface area contributed by atoms with Crippen molar-refractivity contribution in [2.24, 2.45) is 0 Å². The zero-order chi connectivity index (χ0) is 12.3. The molecule has 0 heterocycles. The average molecular weight is 246 g/mol. The van der Waals surface area contributed by atoms with E-state index in [0.29, 0.717) is 0 Å². The van der Waals surface area contributed by atoms with Gasteiger partial charge in [0.2, 0.25) is 0 Å². The molecule has 0 aliphatic carbocycles.